The van der Waals surface area contributed by atoms with Gasteiger partial charge in [-0.3, -0.25) is 4.79 Å². The number of ether oxygens (including phenoxy) is 1. The van der Waals surface area contributed by atoms with Crippen molar-refractivity contribution >= 4 is 18.4 Å². The van der Waals surface area contributed by atoms with Crippen LogP contribution in [0.25, 0.3) is 0 Å². The highest BCUT2D eigenvalue weighted by Gasteiger charge is 2.04. The van der Waals surface area contributed by atoms with Crippen LogP contribution in [0.3, 0.4) is 0 Å². The number of benzene rings is 1. The molecule has 0 amide bonds. The fraction of sp³-hybridized carbons (Fsp3) is 0.364. The van der Waals surface area contributed by atoms with Crippen molar-refractivity contribution in [2.45, 2.75) is 25.2 Å². The van der Waals surface area contributed by atoms with Gasteiger partial charge in [0.15, 0.2) is 0 Å². The predicted octanol–water partition coefficient (Wildman–Crippen LogP) is 2.51. The fourth-order valence-corrected chi connectivity index (χ4v) is 1.45. The van der Waals surface area contributed by atoms with E-state index in [1.807, 2.05) is 25.1 Å². The van der Waals surface area contributed by atoms with Gasteiger partial charge in [-0.25, -0.2) is 0 Å². The maximum atomic E-state index is 11.0. The van der Waals surface area contributed by atoms with Gasteiger partial charge in [-0.2, -0.15) is 0 Å². The molecule has 0 bridgehead atoms. The molecule has 0 unspecified atom stereocenters. The number of hydrogen-bond donors (Lipinski definition) is 1. The maximum Gasteiger partial charge on any atom is 0.134 e. The van der Waals surface area contributed by atoms with E-state index >= 15 is 0 Å². The molecule has 76 valence electrons. The molecular weight excluding hydrogens is 196 g/mol. The first-order valence-corrected chi connectivity index (χ1v) is 5.02. The number of Topliss-reactive ketones (excluding diaryl/α,β-unsaturated/α-hetero) is 1. The molecule has 0 N–H and O–H groups in total. The van der Waals surface area contributed by atoms with Gasteiger partial charge < -0.3 is 4.74 Å². The highest BCUT2D eigenvalue weighted by atomic mass is 32.1. The van der Waals surface area contributed by atoms with Crippen LogP contribution in [0.2, 0.25) is 0 Å². The largest absolute Gasteiger partial charge is 0.494 e. The van der Waals surface area contributed by atoms with E-state index < -0.39 is 0 Å². The highest BCUT2D eigenvalue weighted by molar-refractivity contribution is 7.80. The number of ketones is 1. The van der Waals surface area contributed by atoms with Gasteiger partial charge in [0.2, 0.25) is 0 Å². The zero-order valence-corrected chi connectivity index (χ0v) is 9.30. The summed E-state index contributed by atoms with van der Waals surface area (Å²) in [5.41, 5.74) is 0.923. The second kappa shape index (κ2) is 5.05. The molecule has 2 nitrogen and oxygen atoms in total. The summed E-state index contributed by atoms with van der Waals surface area (Å²) in [6.45, 7) is 4.13. The topological polar surface area (TPSA) is 26.3 Å². The van der Waals surface area contributed by atoms with Crippen LogP contribution in [-0.2, 0) is 11.2 Å². The monoisotopic (exact) mass is 210 g/mol. The quantitative estimate of drug-likeness (QED) is 0.773. The van der Waals surface area contributed by atoms with Crippen molar-refractivity contribution in [3.8, 4) is 5.75 Å². The Bertz CT molecular complexity index is 334. The van der Waals surface area contributed by atoms with Gasteiger partial charge in [-0.1, -0.05) is 0 Å². The Labute approximate surface area is 89.7 Å². The van der Waals surface area contributed by atoms with E-state index in [0.717, 1.165) is 16.2 Å². The van der Waals surface area contributed by atoms with Crippen molar-refractivity contribution in [1.82, 2.24) is 0 Å². The molecule has 0 aliphatic heterocycles. The standard InChI is InChI=1S/C11H14O2S/c1-3-13-10-4-5-11(14)9(7-10)6-8(2)12/h4-5,7,14H,3,6H2,1-2H3. The van der Waals surface area contributed by atoms with E-state index in [9.17, 15) is 4.79 Å². The van der Waals surface area contributed by atoms with Crippen molar-refractivity contribution in [2.24, 2.45) is 0 Å². The molecule has 0 aliphatic carbocycles. The van der Waals surface area contributed by atoms with Crippen LogP contribution in [0.15, 0.2) is 23.1 Å². The Balaban J connectivity index is 2.90. The molecule has 0 saturated carbocycles. The molecule has 1 rings (SSSR count). The number of hydrogen-bond acceptors (Lipinski definition) is 3. The lowest BCUT2D eigenvalue weighted by molar-refractivity contribution is -0.116. The van der Waals surface area contributed by atoms with Crippen LogP contribution in [0, 0.1) is 0 Å². The summed E-state index contributed by atoms with van der Waals surface area (Å²) in [5.74, 6) is 0.926. The number of thiol groups is 1. The van der Waals surface area contributed by atoms with E-state index in [4.69, 9.17) is 4.74 Å². The molecule has 0 heterocycles. The maximum absolute atomic E-state index is 11.0. The number of carbonyl (C=O) groups excluding carboxylic acids is 1. The summed E-state index contributed by atoms with van der Waals surface area (Å²) in [5, 5.41) is 0. The van der Waals surface area contributed by atoms with Crippen molar-refractivity contribution in [3.05, 3.63) is 23.8 Å². The van der Waals surface area contributed by atoms with E-state index in [1.54, 1.807) is 6.92 Å². The fourth-order valence-electron chi connectivity index (χ4n) is 1.23. The van der Waals surface area contributed by atoms with Crippen LogP contribution in [0.4, 0.5) is 0 Å². The highest BCUT2D eigenvalue weighted by Crippen LogP contribution is 2.21. The third kappa shape index (κ3) is 3.07. The van der Waals surface area contributed by atoms with Crippen LogP contribution >= 0.6 is 12.6 Å². The Hall–Kier alpha value is -0.960. The number of rotatable bonds is 4. The first kappa shape index (κ1) is 11.1. The second-order valence-corrected chi connectivity index (χ2v) is 3.58. The van der Waals surface area contributed by atoms with Crippen molar-refractivity contribution in [2.75, 3.05) is 6.61 Å². The molecule has 0 aromatic heterocycles. The van der Waals surface area contributed by atoms with Gasteiger partial charge in [-0.05, 0) is 37.6 Å². The molecule has 0 aliphatic rings. The first-order chi connectivity index (χ1) is 6.63. The van der Waals surface area contributed by atoms with Gasteiger partial charge in [0.05, 0.1) is 6.61 Å². The van der Waals surface area contributed by atoms with Crippen LogP contribution < -0.4 is 4.74 Å². The SMILES string of the molecule is CCOc1ccc(S)c(CC(C)=O)c1. The van der Waals surface area contributed by atoms with E-state index in [1.165, 1.54) is 0 Å². The molecule has 1 aromatic rings. The summed E-state index contributed by atoms with van der Waals surface area (Å²) >= 11 is 4.28. The Morgan fingerprint density at radius 2 is 2.21 bits per heavy atom. The third-order valence-electron chi connectivity index (χ3n) is 1.80. The van der Waals surface area contributed by atoms with Crippen molar-refractivity contribution in [3.63, 3.8) is 0 Å². The molecule has 0 atom stereocenters. The first-order valence-electron chi connectivity index (χ1n) is 4.57. The summed E-state index contributed by atoms with van der Waals surface area (Å²) < 4.78 is 5.34. The molecular formula is C11H14O2S. The van der Waals surface area contributed by atoms with Gasteiger partial charge in [-0.15, -0.1) is 12.6 Å². The van der Waals surface area contributed by atoms with Gasteiger partial charge in [0, 0.05) is 11.3 Å². The van der Waals surface area contributed by atoms with E-state index in [2.05, 4.69) is 12.6 Å². The lowest BCUT2D eigenvalue weighted by Gasteiger charge is -2.07. The minimum atomic E-state index is 0.133. The van der Waals surface area contributed by atoms with Crippen molar-refractivity contribution < 1.29 is 9.53 Å². The molecule has 14 heavy (non-hydrogen) atoms. The zero-order chi connectivity index (χ0) is 10.6. The summed E-state index contributed by atoms with van der Waals surface area (Å²) in [7, 11) is 0. The minimum absolute atomic E-state index is 0.133. The van der Waals surface area contributed by atoms with Crippen LogP contribution in [-0.4, -0.2) is 12.4 Å². The summed E-state index contributed by atoms with van der Waals surface area (Å²) in [6.07, 6.45) is 0.416. The smallest absolute Gasteiger partial charge is 0.134 e. The third-order valence-corrected chi connectivity index (χ3v) is 2.24. The minimum Gasteiger partial charge on any atom is -0.494 e. The van der Waals surface area contributed by atoms with Crippen LogP contribution in [0.5, 0.6) is 5.75 Å². The van der Waals surface area contributed by atoms with E-state index in [0.29, 0.717) is 13.0 Å². The van der Waals surface area contributed by atoms with Gasteiger partial charge >= 0.3 is 0 Å². The predicted molar refractivity (Wildman–Crippen MR) is 59.2 cm³/mol. The Morgan fingerprint density at radius 1 is 1.50 bits per heavy atom. The molecule has 1 aromatic carbocycles. The van der Waals surface area contributed by atoms with E-state index in [-0.39, 0.29) is 5.78 Å². The molecule has 0 saturated heterocycles. The lowest BCUT2D eigenvalue weighted by Crippen LogP contribution is -1.99. The lowest BCUT2D eigenvalue weighted by atomic mass is 10.1. The molecule has 0 spiro atoms. The van der Waals surface area contributed by atoms with Gasteiger partial charge in [0.1, 0.15) is 11.5 Å². The summed E-state index contributed by atoms with van der Waals surface area (Å²) in [4.78, 5) is 11.8. The molecule has 0 fully saturated rings. The summed E-state index contributed by atoms with van der Waals surface area (Å²) in [6, 6.07) is 5.58. The Kier molecular flexibility index (Phi) is 4.01. The van der Waals surface area contributed by atoms with Crippen molar-refractivity contribution in [1.29, 1.82) is 0 Å². The number of carbonyl (C=O) groups is 1. The average Bonchev–Trinajstić information content (AvgIpc) is 2.10. The second-order valence-electron chi connectivity index (χ2n) is 3.10. The normalized spacial score (nSPS) is 9.93. The zero-order valence-electron chi connectivity index (χ0n) is 8.41. The molecule has 3 heteroatoms. The van der Waals surface area contributed by atoms with Crippen LogP contribution in [0.1, 0.15) is 19.4 Å². The average molecular weight is 210 g/mol. The Morgan fingerprint density at radius 3 is 2.79 bits per heavy atom. The molecule has 0 radical (unpaired) electrons. The van der Waals surface area contributed by atoms with Gasteiger partial charge in [0.25, 0.3) is 0 Å².